The smallest absolute Gasteiger partial charge is 0.374 e. The summed E-state index contributed by atoms with van der Waals surface area (Å²) in [5.41, 5.74) is 2.53. The van der Waals surface area contributed by atoms with Crippen LogP contribution in [0, 0.1) is 13.8 Å². The molecular formula is C16H16N2O5. The van der Waals surface area contributed by atoms with E-state index in [2.05, 4.69) is 10.6 Å². The number of anilines is 1. The van der Waals surface area contributed by atoms with Gasteiger partial charge in [-0.25, -0.2) is 9.59 Å². The standard InChI is InChI=1S/C16H16N2O5/c1-10-5-6-12(11(2)8-10)17-16(21)18-14(19)9-23-15(20)13-4-3-7-22-13/h3-8H,9H2,1-2H3,(H2,17,18,19,21). The van der Waals surface area contributed by atoms with Crippen molar-refractivity contribution in [1.82, 2.24) is 5.32 Å². The molecule has 7 heteroatoms. The zero-order valence-corrected chi connectivity index (χ0v) is 12.7. The molecule has 0 bridgehead atoms. The second-order valence-corrected chi connectivity index (χ2v) is 4.87. The Bertz CT molecular complexity index is 722. The molecule has 3 amide bonds. The lowest BCUT2D eigenvalue weighted by molar-refractivity contribution is -0.123. The van der Waals surface area contributed by atoms with Gasteiger partial charge in [0, 0.05) is 5.69 Å². The Labute approximate surface area is 132 Å². The first-order chi connectivity index (χ1) is 11.0. The van der Waals surface area contributed by atoms with Crippen LogP contribution in [-0.2, 0) is 9.53 Å². The molecule has 1 aromatic heterocycles. The first kappa shape index (κ1) is 16.3. The number of hydrogen-bond acceptors (Lipinski definition) is 5. The van der Waals surface area contributed by atoms with Crippen LogP contribution in [0.3, 0.4) is 0 Å². The number of benzene rings is 1. The average molecular weight is 316 g/mol. The summed E-state index contributed by atoms with van der Waals surface area (Å²) in [7, 11) is 0. The van der Waals surface area contributed by atoms with Crippen molar-refractivity contribution >= 4 is 23.6 Å². The third-order valence-corrected chi connectivity index (χ3v) is 2.94. The third kappa shape index (κ3) is 4.70. The summed E-state index contributed by atoms with van der Waals surface area (Å²) in [6, 6.07) is 7.72. The van der Waals surface area contributed by atoms with Crippen molar-refractivity contribution < 1.29 is 23.5 Å². The van der Waals surface area contributed by atoms with E-state index in [1.807, 2.05) is 26.0 Å². The van der Waals surface area contributed by atoms with Gasteiger partial charge in [-0.15, -0.1) is 0 Å². The van der Waals surface area contributed by atoms with Crippen LogP contribution in [0.25, 0.3) is 0 Å². The molecule has 0 radical (unpaired) electrons. The topological polar surface area (TPSA) is 97.6 Å². The molecule has 0 aliphatic rings. The van der Waals surface area contributed by atoms with Gasteiger partial charge in [0.2, 0.25) is 5.76 Å². The van der Waals surface area contributed by atoms with Crippen LogP contribution in [0.5, 0.6) is 0 Å². The second-order valence-electron chi connectivity index (χ2n) is 4.87. The molecule has 0 spiro atoms. The van der Waals surface area contributed by atoms with Crippen LogP contribution >= 0.6 is 0 Å². The molecule has 0 aliphatic carbocycles. The molecule has 2 rings (SSSR count). The maximum atomic E-state index is 11.7. The average Bonchev–Trinajstić information content (AvgIpc) is 3.02. The summed E-state index contributed by atoms with van der Waals surface area (Å²) in [6.45, 7) is 3.20. The van der Waals surface area contributed by atoms with E-state index in [4.69, 9.17) is 9.15 Å². The molecule has 0 fully saturated rings. The van der Waals surface area contributed by atoms with E-state index >= 15 is 0 Å². The number of urea groups is 1. The predicted octanol–water partition coefficient (Wildman–Crippen LogP) is 2.40. The van der Waals surface area contributed by atoms with Crippen molar-refractivity contribution in [2.75, 3.05) is 11.9 Å². The Morgan fingerprint density at radius 2 is 1.96 bits per heavy atom. The van der Waals surface area contributed by atoms with Crippen LogP contribution in [0.1, 0.15) is 21.7 Å². The molecule has 0 saturated carbocycles. The van der Waals surface area contributed by atoms with Crippen molar-refractivity contribution in [1.29, 1.82) is 0 Å². The van der Waals surface area contributed by atoms with E-state index in [0.29, 0.717) is 5.69 Å². The van der Waals surface area contributed by atoms with Crippen LogP contribution in [0.15, 0.2) is 41.0 Å². The van der Waals surface area contributed by atoms with Crippen LogP contribution in [0.4, 0.5) is 10.5 Å². The zero-order chi connectivity index (χ0) is 16.8. The maximum Gasteiger partial charge on any atom is 0.374 e. The molecule has 23 heavy (non-hydrogen) atoms. The zero-order valence-electron chi connectivity index (χ0n) is 12.7. The molecule has 0 atom stereocenters. The number of nitrogens with one attached hydrogen (secondary N) is 2. The van der Waals surface area contributed by atoms with E-state index in [1.165, 1.54) is 18.4 Å². The minimum Gasteiger partial charge on any atom is -0.457 e. The fourth-order valence-corrected chi connectivity index (χ4v) is 1.87. The monoisotopic (exact) mass is 316 g/mol. The van der Waals surface area contributed by atoms with Crippen LogP contribution in [0.2, 0.25) is 0 Å². The maximum absolute atomic E-state index is 11.7. The molecular weight excluding hydrogens is 300 g/mol. The van der Waals surface area contributed by atoms with Gasteiger partial charge in [-0.3, -0.25) is 10.1 Å². The van der Waals surface area contributed by atoms with E-state index in [0.717, 1.165) is 11.1 Å². The molecule has 2 N–H and O–H groups in total. The Hall–Kier alpha value is -3.09. The van der Waals surface area contributed by atoms with Crippen molar-refractivity contribution in [2.45, 2.75) is 13.8 Å². The predicted molar refractivity (Wildman–Crippen MR) is 82.1 cm³/mol. The minimum atomic E-state index is -0.778. The number of carbonyl (C=O) groups excluding carboxylic acids is 3. The first-order valence-electron chi connectivity index (χ1n) is 6.84. The van der Waals surface area contributed by atoms with Gasteiger partial charge >= 0.3 is 12.0 Å². The van der Waals surface area contributed by atoms with E-state index in [9.17, 15) is 14.4 Å². The molecule has 0 saturated heterocycles. The van der Waals surface area contributed by atoms with Gasteiger partial charge in [0.05, 0.1) is 6.26 Å². The Morgan fingerprint density at radius 1 is 1.17 bits per heavy atom. The highest BCUT2D eigenvalue weighted by Crippen LogP contribution is 2.15. The number of furan rings is 1. The van der Waals surface area contributed by atoms with E-state index in [1.54, 1.807) is 6.07 Å². The molecule has 0 unspecified atom stereocenters. The van der Waals surface area contributed by atoms with Crippen LogP contribution < -0.4 is 10.6 Å². The van der Waals surface area contributed by atoms with Gasteiger partial charge < -0.3 is 14.5 Å². The molecule has 0 aliphatic heterocycles. The number of imide groups is 1. The Morgan fingerprint density at radius 3 is 2.61 bits per heavy atom. The second kappa shape index (κ2) is 7.26. The van der Waals surface area contributed by atoms with Gasteiger partial charge in [0.1, 0.15) is 0 Å². The largest absolute Gasteiger partial charge is 0.457 e. The lowest BCUT2D eigenvalue weighted by Gasteiger charge is -2.09. The summed E-state index contributed by atoms with van der Waals surface area (Å²) in [5, 5.41) is 4.63. The lowest BCUT2D eigenvalue weighted by Crippen LogP contribution is -2.37. The van der Waals surface area contributed by atoms with Gasteiger partial charge in [-0.2, -0.15) is 0 Å². The molecule has 7 nitrogen and oxygen atoms in total. The SMILES string of the molecule is Cc1ccc(NC(=O)NC(=O)COC(=O)c2ccco2)c(C)c1. The van der Waals surface area contributed by atoms with Gasteiger partial charge in [0.25, 0.3) is 5.91 Å². The molecule has 120 valence electrons. The fourth-order valence-electron chi connectivity index (χ4n) is 1.87. The number of amides is 3. The minimum absolute atomic E-state index is 0.0162. The molecule has 1 heterocycles. The van der Waals surface area contributed by atoms with Crippen molar-refractivity contribution in [2.24, 2.45) is 0 Å². The summed E-state index contributed by atoms with van der Waals surface area (Å²) in [4.78, 5) is 34.8. The highest BCUT2D eigenvalue weighted by molar-refractivity contribution is 6.02. The normalized spacial score (nSPS) is 10.0. The molecule has 2 aromatic rings. The highest BCUT2D eigenvalue weighted by atomic mass is 16.5. The fraction of sp³-hybridized carbons (Fsp3) is 0.188. The number of hydrogen-bond donors (Lipinski definition) is 2. The lowest BCUT2D eigenvalue weighted by atomic mass is 10.1. The van der Waals surface area contributed by atoms with E-state index < -0.39 is 24.5 Å². The summed E-state index contributed by atoms with van der Waals surface area (Å²) in [6.07, 6.45) is 1.31. The summed E-state index contributed by atoms with van der Waals surface area (Å²) in [5.74, 6) is -1.54. The first-order valence-corrected chi connectivity index (χ1v) is 6.84. The number of carbonyl (C=O) groups is 3. The van der Waals surface area contributed by atoms with Crippen molar-refractivity contribution in [3.8, 4) is 0 Å². The van der Waals surface area contributed by atoms with Gasteiger partial charge in [-0.05, 0) is 37.6 Å². The van der Waals surface area contributed by atoms with E-state index in [-0.39, 0.29) is 5.76 Å². The quantitative estimate of drug-likeness (QED) is 0.844. The Kier molecular flexibility index (Phi) is 5.14. The highest BCUT2D eigenvalue weighted by Gasteiger charge is 2.14. The van der Waals surface area contributed by atoms with Crippen molar-refractivity contribution in [3.63, 3.8) is 0 Å². The number of rotatable bonds is 4. The van der Waals surface area contributed by atoms with Gasteiger partial charge in [0.15, 0.2) is 6.61 Å². The number of esters is 1. The molecule has 1 aromatic carbocycles. The van der Waals surface area contributed by atoms with Crippen molar-refractivity contribution in [3.05, 3.63) is 53.5 Å². The summed E-state index contributed by atoms with van der Waals surface area (Å²) < 4.78 is 9.54. The summed E-state index contributed by atoms with van der Waals surface area (Å²) >= 11 is 0. The Balaban J connectivity index is 1.80. The third-order valence-electron chi connectivity index (χ3n) is 2.94. The van der Waals surface area contributed by atoms with Gasteiger partial charge in [-0.1, -0.05) is 17.7 Å². The van der Waals surface area contributed by atoms with Crippen LogP contribution in [-0.4, -0.2) is 24.5 Å². The number of aryl methyl sites for hydroxylation is 2. The number of ether oxygens (including phenoxy) is 1.